The maximum Gasteiger partial charge on any atom is 0.329 e. The van der Waals surface area contributed by atoms with E-state index in [1.807, 2.05) is 0 Å². The van der Waals surface area contributed by atoms with Crippen LogP contribution in [0.4, 0.5) is 5.95 Å². The van der Waals surface area contributed by atoms with Gasteiger partial charge < -0.3 is 14.6 Å². The molecular formula is C8H11N3O6S. The van der Waals surface area contributed by atoms with Gasteiger partial charge in [-0.15, -0.1) is 0 Å². The van der Waals surface area contributed by atoms with E-state index in [9.17, 15) is 13.2 Å². The zero-order chi connectivity index (χ0) is 13.4. The number of carboxylic acids is 1. The number of carbonyl (C=O) groups is 1. The van der Waals surface area contributed by atoms with E-state index in [0.717, 1.165) is 0 Å². The van der Waals surface area contributed by atoms with Crippen LogP contribution in [0.1, 0.15) is 0 Å². The number of carboxylic acid groups (broad SMARTS) is 1. The first-order valence-electron chi connectivity index (χ1n) is 4.64. The highest BCUT2D eigenvalue weighted by Gasteiger charge is 2.12. The van der Waals surface area contributed by atoms with Crippen molar-refractivity contribution in [3.63, 3.8) is 0 Å². The molecule has 10 heteroatoms. The largest absolute Gasteiger partial charge is 0.480 e. The number of hydrogen-bond acceptors (Lipinski definition) is 7. The van der Waals surface area contributed by atoms with E-state index in [2.05, 4.69) is 24.2 Å². The molecule has 1 aromatic rings. The number of ether oxygens (including phenoxy) is 2. The Bertz CT molecular complexity index is 477. The van der Waals surface area contributed by atoms with Gasteiger partial charge in [0.15, 0.2) is 5.94 Å². The predicted molar refractivity (Wildman–Crippen MR) is 59.0 cm³/mol. The molecule has 1 rings (SSSR count). The van der Waals surface area contributed by atoms with Gasteiger partial charge in [-0.05, 0) is 6.07 Å². The number of nitrogens with one attached hydrogen (secondary N) is 1. The Morgan fingerprint density at radius 3 is 2.61 bits per heavy atom. The first-order valence-corrected chi connectivity index (χ1v) is 6.29. The smallest absolute Gasteiger partial charge is 0.329 e. The van der Waals surface area contributed by atoms with Gasteiger partial charge in [-0.3, -0.25) is 0 Å². The molecule has 0 saturated heterocycles. The summed E-state index contributed by atoms with van der Waals surface area (Å²) in [6.45, 7) is -1.00. The fraction of sp³-hybridized carbons (Fsp3) is 0.375. The number of hydrogen-bond donors (Lipinski definition) is 2. The summed E-state index contributed by atoms with van der Waals surface area (Å²) in [4.78, 5) is 17.4. The normalized spacial score (nSPS) is 11.1. The van der Waals surface area contributed by atoms with Gasteiger partial charge >= 0.3 is 5.97 Å². The van der Waals surface area contributed by atoms with Gasteiger partial charge in [0.05, 0.1) is 0 Å². The van der Waals surface area contributed by atoms with Crippen LogP contribution < -0.4 is 4.72 Å². The molecule has 0 spiro atoms. The van der Waals surface area contributed by atoms with Crippen LogP contribution in [0, 0.1) is 0 Å². The van der Waals surface area contributed by atoms with E-state index in [0.29, 0.717) is 0 Å². The molecule has 0 aromatic carbocycles. The quantitative estimate of drug-likeness (QED) is 0.469. The lowest BCUT2D eigenvalue weighted by Crippen LogP contribution is -2.21. The van der Waals surface area contributed by atoms with Crippen molar-refractivity contribution in [1.29, 1.82) is 0 Å². The number of nitrogens with zero attached hydrogens (tertiary/aromatic N) is 2. The molecule has 0 aliphatic heterocycles. The van der Waals surface area contributed by atoms with Crippen molar-refractivity contribution in [1.82, 2.24) is 9.97 Å². The maximum absolute atomic E-state index is 11.4. The third kappa shape index (κ3) is 6.08. The number of aliphatic carboxylic acids is 1. The van der Waals surface area contributed by atoms with Crippen molar-refractivity contribution >= 4 is 21.9 Å². The number of sulfonamides is 1. The average molecular weight is 277 g/mol. The number of aromatic nitrogens is 2. The standard InChI is InChI=1S/C8H11N3O6S/c12-7(13)4-16-5-17-6-18(14,15)11-8-9-2-1-3-10-8/h1-3H,4-6H2,(H,12,13)(H,9,10,11). The topological polar surface area (TPSA) is 128 Å². The Morgan fingerprint density at radius 2 is 2.00 bits per heavy atom. The highest BCUT2D eigenvalue weighted by Crippen LogP contribution is 1.99. The summed E-state index contributed by atoms with van der Waals surface area (Å²) in [5.74, 6) is -1.94. The van der Waals surface area contributed by atoms with Gasteiger partial charge in [0, 0.05) is 12.4 Å². The van der Waals surface area contributed by atoms with E-state index in [4.69, 9.17) is 5.11 Å². The summed E-state index contributed by atoms with van der Waals surface area (Å²) in [6, 6.07) is 1.54. The van der Waals surface area contributed by atoms with Gasteiger partial charge in [0.2, 0.25) is 5.95 Å². The molecule has 0 unspecified atom stereocenters. The molecule has 1 aromatic heterocycles. The molecule has 0 atom stereocenters. The minimum Gasteiger partial charge on any atom is -0.480 e. The molecule has 18 heavy (non-hydrogen) atoms. The van der Waals surface area contributed by atoms with Gasteiger partial charge in [-0.25, -0.2) is 27.9 Å². The molecule has 100 valence electrons. The van der Waals surface area contributed by atoms with E-state index >= 15 is 0 Å². The van der Waals surface area contributed by atoms with Crippen molar-refractivity contribution in [2.24, 2.45) is 0 Å². The van der Waals surface area contributed by atoms with Crippen LogP contribution in [0.5, 0.6) is 0 Å². The Labute approximate surface area is 103 Å². The molecule has 0 aliphatic carbocycles. The van der Waals surface area contributed by atoms with Gasteiger partial charge in [0.25, 0.3) is 10.0 Å². The van der Waals surface area contributed by atoms with E-state index in [-0.39, 0.29) is 5.95 Å². The van der Waals surface area contributed by atoms with Crippen molar-refractivity contribution < 1.29 is 27.8 Å². The maximum atomic E-state index is 11.4. The summed E-state index contributed by atoms with van der Waals surface area (Å²) in [6.07, 6.45) is 2.75. The molecule has 0 fully saturated rings. The fourth-order valence-electron chi connectivity index (χ4n) is 0.852. The molecule has 9 nitrogen and oxygen atoms in total. The number of anilines is 1. The molecular weight excluding hydrogens is 266 g/mol. The second-order valence-corrected chi connectivity index (χ2v) is 4.64. The van der Waals surface area contributed by atoms with Crippen LogP contribution in [-0.4, -0.2) is 48.8 Å². The summed E-state index contributed by atoms with van der Waals surface area (Å²) >= 11 is 0. The third-order valence-electron chi connectivity index (χ3n) is 1.44. The molecule has 2 N–H and O–H groups in total. The summed E-state index contributed by atoms with van der Waals surface area (Å²) in [5.41, 5.74) is 0. The first-order chi connectivity index (χ1) is 8.49. The van der Waals surface area contributed by atoms with Crippen molar-refractivity contribution in [3.8, 4) is 0 Å². The monoisotopic (exact) mass is 277 g/mol. The molecule has 1 heterocycles. The molecule has 0 saturated carbocycles. The Balaban J connectivity index is 2.30. The second-order valence-electron chi connectivity index (χ2n) is 2.97. The summed E-state index contributed by atoms with van der Waals surface area (Å²) in [7, 11) is -3.76. The van der Waals surface area contributed by atoms with Crippen molar-refractivity contribution in [2.45, 2.75) is 0 Å². The fourth-order valence-corrected chi connectivity index (χ4v) is 1.58. The van der Waals surface area contributed by atoms with Crippen LogP contribution in [-0.2, 0) is 24.3 Å². The lowest BCUT2D eigenvalue weighted by atomic mass is 10.7. The van der Waals surface area contributed by atoms with Gasteiger partial charge in [-0.2, -0.15) is 0 Å². The number of rotatable bonds is 8. The molecule has 0 bridgehead atoms. The lowest BCUT2D eigenvalue weighted by Gasteiger charge is -2.06. The summed E-state index contributed by atoms with van der Waals surface area (Å²) in [5, 5.41) is 8.24. The molecule has 0 aliphatic rings. The van der Waals surface area contributed by atoms with E-state index in [1.54, 1.807) is 0 Å². The Morgan fingerprint density at radius 1 is 1.33 bits per heavy atom. The van der Waals surface area contributed by atoms with Crippen LogP contribution >= 0.6 is 0 Å². The minimum absolute atomic E-state index is 0.0763. The Hall–Kier alpha value is -1.78. The van der Waals surface area contributed by atoms with E-state index in [1.165, 1.54) is 18.5 Å². The van der Waals surface area contributed by atoms with Crippen LogP contribution in [0.3, 0.4) is 0 Å². The second kappa shape index (κ2) is 6.83. The highest BCUT2D eigenvalue weighted by molar-refractivity contribution is 7.92. The van der Waals surface area contributed by atoms with Crippen LogP contribution in [0.25, 0.3) is 0 Å². The Kier molecular flexibility index (Phi) is 5.42. The first kappa shape index (κ1) is 14.3. The predicted octanol–water partition coefficient (Wildman–Crippen LogP) is -0.749. The molecule has 0 radical (unpaired) electrons. The SMILES string of the molecule is O=C(O)COCOCS(=O)(=O)Nc1ncccn1. The van der Waals surface area contributed by atoms with Gasteiger partial charge in [-0.1, -0.05) is 0 Å². The highest BCUT2D eigenvalue weighted by atomic mass is 32.2. The minimum atomic E-state index is -3.76. The van der Waals surface area contributed by atoms with E-state index < -0.39 is 35.3 Å². The summed E-state index contributed by atoms with van der Waals surface area (Å²) < 4.78 is 34.0. The molecule has 0 amide bonds. The van der Waals surface area contributed by atoms with Crippen LogP contribution in [0.2, 0.25) is 0 Å². The lowest BCUT2D eigenvalue weighted by molar-refractivity contribution is -0.147. The third-order valence-corrected chi connectivity index (χ3v) is 2.41. The average Bonchev–Trinajstić information content (AvgIpc) is 2.28. The zero-order valence-electron chi connectivity index (χ0n) is 9.14. The van der Waals surface area contributed by atoms with Crippen molar-refractivity contribution in [2.75, 3.05) is 24.1 Å². The zero-order valence-corrected chi connectivity index (χ0v) is 9.96. The van der Waals surface area contributed by atoms with Gasteiger partial charge in [0.1, 0.15) is 13.4 Å². The van der Waals surface area contributed by atoms with Crippen LogP contribution in [0.15, 0.2) is 18.5 Å². The van der Waals surface area contributed by atoms with Crippen molar-refractivity contribution in [3.05, 3.63) is 18.5 Å².